The molecule has 0 aromatic heterocycles. The van der Waals surface area contributed by atoms with Crippen LogP contribution >= 0.6 is 0 Å². The van der Waals surface area contributed by atoms with Crippen LogP contribution in [-0.4, -0.2) is 80.7 Å². The highest BCUT2D eigenvalue weighted by Gasteiger charge is 2.41. The number of hydrogen-bond acceptors (Lipinski definition) is 7. The Morgan fingerprint density at radius 2 is 1.72 bits per heavy atom. The van der Waals surface area contributed by atoms with Gasteiger partial charge in [0.05, 0.1) is 0 Å². The number of aliphatic hydroxyl groups excluding tert-OH is 1. The summed E-state index contributed by atoms with van der Waals surface area (Å²) in [5.74, 6) is -3.04. The van der Waals surface area contributed by atoms with Crippen molar-refractivity contribution in [1.82, 2.24) is 15.5 Å². The monoisotopic (exact) mass is 548 g/mol. The molecule has 0 spiro atoms. The van der Waals surface area contributed by atoms with Crippen molar-refractivity contribution in [2.24, 2.45) is 11.7 Å². The molecule has 0 saturated carbocycles. The Balaban J connectivity index is 1.97. The number of hydrogen-bond donors (Lipinski definition) is 6. The number of carboxylic acid groups (broad SMARTS) is 1. The van der Waals surface area contributed by atoms with E-state index in [1.165, 1.54) is 24.0 Å². The molecule has 6 atom stereocenters. The minimum Gasteiger partial charge on any atom is -0.508 e. The Bertz CT molecular complexity index is 971. The maximum atomic E-state index is 13.2. The third kappa shape index (κ3) is 9.81. The van der Waals surface area contributed by atoms with Crippen molar-refractivity contribution >= 4 is 23.7 Å². The van der Waals surface area contributed by atoms with E-state index in [4.69, 9.17) is 5.73 Å². The first kappa shape index (κ1) is 32.0. The van der Waals surface area contributed by atoms with Crippen molar-refractivity contribution in [2.75, 3.05) is 6.54 Å². The first-order valence-electron chi connectivity index (χ1n) is 13.8. The molecule has 0 radical (unpaired) electrons. The Labute approximate surface area is 230 Å². The van der Waals surface area contributed by atoms with Gasteiger partial charge < -0.3 is 36.6 Å². The second-order valence-corrected chi connectivity index (χ2v) is 10.7. The molecule has 1 fully saturated rings. The van der Waals surface area contributed by atoms with Gasteiger partial charge in [-0.05, 0) is 43.4 Å². The maximum absolute atomic E-state index is 13.2. The van der Waals surface area contributed by atoms with Crippen LogP contribution in [-0.2, 0) is 25.6 Å². The number of phenolic OH excluding ortho intramolecular Hbond substituents is 1. The summed E-state index contributed by atoms with van der Waals surface area (Å²) >= 11 is 0. The highest BCUT2D eigenvalue weighted by atomic mass is 16.4. The molecular formula is C28H44N4O7. The van der Waals surface area contributed by atoms with Gasteiger partial charge in [0.1, 0.15) is 30.0 Å². The highest BCUT2D eigenvalue weighted by Crippen LogP contribution is 2.24. The van der Waals surface area contributed by atoms with E-state index in [0.717, 1.165) is 32.1 Å². The quantitative estimate of drug-likeness (QED) is 0.177. The molecule has 11 nitrogen and oxygen atoms in total. The molecule has 1 aliphatic rings. The zero-order valence-electron chi connectivity index (χ0n) is 23.1. The number of amides is 3. The topological polar surface area (TPSA) is 182 Å². The fraction of sp³-hybridized carbons (Fsp3) is 0.643. The first-order valence-corrected chi connectivity index (χ1v) is 13.8. The van der Waals surface area contributed by atoms with E-state index in [9.17, 15) is 34.5 Å². The number of carbonyl (C=O) groups is 4. The number of nitrogens with one attached hydrogen (secondary N) is 2. The number of aromatic hydroxyl groups is 1. The van der Waals surface area contributed by atoms with Gasteiger partial charge in [0.15, 0.2) is 0 Å². The van der Waals surface area contributed by atoms with Gasteiger partial charge in [-0.3, -0.25) is 14.4 Å². The molecule has 0 aliphatic carbocycles. The molecule has 1 aromatic rings. The number of aliphatic carboxylic acids is 1. The number of carbonyl (C=O) groups excluding carboxylic acids is 3. The van der Waals surface area contributed by atoms with Crippen molar-refractivity contribution in [2.45, 2.75) is 102 Å². The molecule has 7 N–H and O–H groups in total. The number of nitrogens with two attached hydrogens (primary N) is 1. The van der Waals surface area contributed by atoms with Gasteiger partial charge in [-0.2, -0.15) is 0 Å². The lowest BCUT2D eigenvalue weighted by atomic mass is 10.0. The van der Waals surface area contributed by atoms with Crippen molar-refractivity contribution in [1.29, 1.82) is 0 Å². The van der Waals surface area contributed by atoms with Gasteiger partial charge in [0.25, 0.3) is 5.91 Å². The zero-order valence-corrected chi connectivity index (χ0v) is 23.1. The third-order valence-electron chi connectivity index (χ3n) is 7.13. The number of rotatable bonds is 15. The lowest BCUT2D eigenvalue weighted by Crippen LogP contribution is -2.56. The van der Waals surface area contributed by atoms with E-state index in [-0.39, 0.29) is 24.6 Å². The Morgan fingerprint density at radius 3 is 2.33 bits per heavy atom. The van der Waals surface area contributed by atoms with E-state index in [0.29, 0.717) is 18.4 Å². The maximum Gasteiger partial charge on any atom is 0.326 e. The van der Waals surface area contributed by atoms with Crippen LogP contribution in [0, 0.1) is 5.92 Å². The SMILES string of the molecule is CCCCCCCC(N)C(O)C(=O)N[C@@H](C)C(=O)N1CC(C)C[C@H]1C(=O)N[C@@H](Cc1ccc(O)cc1)C(=O)O. The Hall–Kier alpha value is -3.18. The van der Waals surface area contributed by atoms with Crippen LogP contribution in [0.25, 0.3) is 0 Å². The normalized spacial score (nSPS) is 20.1. The van der Waals surface area contributed by atoms with Crippen LogP contribution in [0.5, 0.6) is 5.75 Å². The van der Waals surface area contributed by atoms with Crippen molar-refractivity contribution in [3.05, 3.63) is 29.8 Å². The molecule has 3 amide bonds. The summed E-state index contributed by atoms with van der Waals surface area (Å²) in [6, 6.07) is 2.11. The van der Waals surface area contributed by atoms with Crippen LogP contribution < -0.4 is 16.4 Å². The van der Waals surface area contributed by atoms with Gasteiger partial charge in [-0.15, -0.1) is 0 Å². The van der Waals surface area contributed by atoms with Gasteiger partial charge in [-0.25, -0.2) is 4.79 Å². The largest absolute Gasteiger partial charge is 0.508 e. The Morgan fingerprint density at radius 1 is 1.08 bits per heavy atom. The van der Waals surface area contributed by atoms with E-state index >= 15 is 0 Å². The van der Waals surface area contributed by atoms with Crippen LogP contribution in [0.1, 0.15) is 71.3 Å². The molecule has 1 aromatic carbocycles. The molecule has 0 bridgehead atoms. The lowest BCUT2D eigenvalue weighted by molar-refractivity contribution is -0.145. The van der Waals surface area contributed by atoms with Gasteiger partial charge >= 0.3 is 5.97 Å². The summed E-state index contributed by atoms with van der Waals surface area (Å²) in [6.45, 7) is 5.75. The molecule has 2 rings (SSSR count). The van der Waals surface area contributed by atoms with Gasteiger partial charge in [0, 0.05) is 19.0 Å². The molecule has 39 heavy (non-hydrogen) atoms. The number of nitrogens with zero attached hydrogens (tertiary/aromatic N) is 1. The van der Waals surface area contributed by atoms with Gasteiger partial charge in [-0.1, -0.05) is 58.1 Å². The summed E-state index contributed by atoms with van der Waals surface area (Å²) in [7, 11) is 0. The number of aliphatic hydroxyl groups is 1. The summed E-state index contributed by atoms with van der Waals surface area (Å²) in [5, 5.41) is 34.5. The van der Waals surface area contributed by atoms with Crippen LogP contribution in [0.4, 0.5) is 0 Å². The summed E-state index contributed by atoms with van der Waals surface area (Å²) < 4.78 is 0. The molecule has 11 heteroatoms. The van der Waals surface area contributed by atoms with Crippen molar-refractivity contribution in [3.8, 4) is 5.75 Å². The van der Waals surface area contributed by atoms with E-state index in [1.54, 1.807) is 12.1 Å². The second-order valence-electron chi connectivity index (χ2n) is 10.7. The zero-order chi connectivity index (χ0) is 29.1. The minimum absolute atomic E-state index is 0.000775. The van der Waals surface area contributed by atoms with Crippen LogP contribution in [0.2, 0.25) is 0 Å². The Kier molecular flexibility index (Phi) is 12.7. The lowest BCUT2D eigenvalue weighted by Gasteiger charge is -2.29. The van der Waals surface area contributed by atoms with E-state index in [2.05, 4.69) is 17.6 Å². The smallest absolute Gasteiger partial charge is 0.326 e. The fourth-order valence-corrected chi connectivity index (χ4v) is 4.82. The summed E-state index contributed by atoms with van der Waals surface area (Å²) in [5.41, 5.74) is 6.61. The molecule has 1 saturated heterocycles. The van der Waals surface area contributed by atoms with E-state index < -0.39 is 54.0 Å². The number of likely N-dealkylation sites (tertiary alicyclic amines) is 1. The highest BCUT2D eigenvalue weighted by molar-refractivity contribution is 5.94. The van der Waals surface area contributed by atoms with Crippen LogP contribution in [0.3, 0.4) is 0 Å². The number of phenols is 1. The predicted octanol–water partition coefficient (Wildman–Crippen LogP) is 1.29. The standard InChI is InChI=1S/C28H44N4O7/c1-4-5-6-7-8-9-21(29)24(34)26(36)30-18(3)27(37)32-16-17(2)14-23(32)25(35)31-22(28(38)39)15-19-10-12-20(33)13-11-19/h10-13,17-18,21-24,33-34H,4-9,14-16,29H2,1-3H3,(H,30,36)(H,31,35)(H,38,39)/t17?,18-,21?,22-,23-,24?/m0/s1. The summed E-state index contributed by atoms with van der Waals surface area (Å²) in [4.78, 5) is 52.1. The molecular weight excluding hydrogens is 504 g/mol. The van der Waals surface area contributed by atoms with E-state index in [1.807, 2.05) is 6.92 Å². The second kappa shape index (κ2) is 15.4. The van der Waals surface area contributed by atoms with Crippen LogP contribution in [0.15, 0.2) is 24.3 Å². The average molecular weight is 549 g/mol. The van der Waals surface area contributed by atoms with Crippen molar-refractivity contribution < 1.29 is 34.5 Å². The molecule has 1 aliphatic heterocycles. The average Bonchev–Trinajstić information content (AvgIpc) is 3.29. The molecule has 3 unspecified atom stereocenters. The van der Waals surface area contributed by atoms with Gasteiger partial charge in [0.2, 0.25) is 11.8 Å². The summed E-state index contributed by atoms with van der Waals surface area (Å²) in [6.07, 6.45) is 4.45. The number of benzene rings is 1. The third-order valence-corrected chi connectivity index (χ3v) is 7.13. The minimum atomic E-state index is -1.46. The first-order chi connectivity index (χ1) is 18.4. The number of carboxylic acids is 1. The number of unbranched alkanes of at least 4 members (excludes halogenated alkanes) is 4. The predicted molar refractivity (Wildman–Crippen MR) is 146 cm³/mol. The van der Waals surface area contributed by atoms with Crippen molar-refractivity contribution in [3.63, 3.8) is 0 Å². The fourth-order valence-electron chi connectivity index (χ4n) is 4.82. The molecule has 218 valence electrons. The molecule has 1 heterocycles.